The molecule has 0 atom stereocenters. The molecule has 1 aliphatic carbocycles. The predicted molar refractivity (Wildman–Crippen MR) is 85.9 cm³/mol. The molecule has 1 aliphatic rings. The summed E-state index contributed by atoms with van der Waals surface area (Å²) in [5.41, 5.74) is 1.50. The molecule has 1 fully saturated rings. The van der Waals surface area contributed by atoms with Crippen molar-refractivity contribution in [2.75, 3.05) is 7.05 Å². The summed E-state index contributed by atoms with van der Waals surface area (Å²) in [4.78, 5) is 25.1. The minimum absolute atomic E-state index is 0.104. The predicted octanol–water partition coefficient (Wildman–Crippen LogP) is 3.35. The molecule has 0 unspecified atom stereocenters. The third-order valence-electron chi connectivity index (χ3n) is 4.81. The second-order valence-electron chi connectivity index (χ2n) is 7.08. The van der Waals surface area contributed by atoms with Crippen LogP contribution in [-0.2, 0) is 11.2 Å². The maximum atomic E-state index is 12.4. The Morgan fingerprint density at radius 2 is 1.73 bits per heavy atom. The number of aromatic carboxylic acids is 1. The molecule has 0 heterocycles. The van der Waals surface area contributed by atoms with E-state index in [1.54, 1.807) is 24.3 Å². The molecular weight excluding hydrogens is 278 g/mol. The average Bonchev–Trinajstić information content (AvgIpc) is 2.47. The van der Waals surface area contributed by atoms with E-state index in [1.807, 2.05) is 11.9 Å². The molecule has 0 aliphatic heterocycles. The lowest BCUT2D eigenvalue weighted by molar-refractivity contribution is -0.132. The van der Waals surface area contributed by atoms with Gasteiger partial charge in [0.2, 0.25) is 5.91 Å². The Morgan fingerprint density at radius 1 is 1.18 bits per heavy atom. The SMILES string of the molecule is CN(C(=O)Cc1ccc(C(=O)O)cc1)C1CCC(C)(C)CC1. The van der Waals surface area contributed by atoms with E-state index in [0.717, 1.165) is 31.2 Å². The number of carboxylic acid groups (broad SMARTS) is 1. The van der Waals surface area contributed by atoms with E-state index in [9.17, 15) is 9.59 Å². The summed E-state index contributed by atoms with van der Waals surface area (Å²) < 4.78 is 0. The summed E-state index contributed by atoms with van der Waals surface area (Å²) in [6.07, 6.45) is 4.77. The molecule has 1 amide bonds. The highest BCUT2D eigenvalue weighted by molar-refractivity contribution is 5.87. The Bertz CT molecular complexity index is 538. The third-order valence-corrected chi connectivity index (χ3v) is 4.81. The molecule has 4 nitrogen and oxygen atoms in total. The standard InChI is InChI=1S/C18H25NO3/c1-18(2)10-8-15(9-11-18)19(3)16(20)12-13-4-6-14(7-5-13)17(21)22/h4-7,15H,8-12H2,1-3H3,(H,21,22). The second kappa shape index (κ2) is 6.51. The minimum atomic E-state index is -0.945. The molecule has 1 aromatic rings. The fourth-order valence-corrected chi connectivity index (χ4v) is 3.04. The number of likely N-dealkylation sites (N-methyl/N-ethyl adjacent to an activating group) is 1. The van der Waals surface area contributed by atoms with Gasteiger partial charge in [-0.2, -0.15) is 0 Å². The van der Waals surface area contributed by atoms with Crippen LogP contribution in [0.15, 0.2) is 24.3 Å². The summed E-state index contributed by atoms with van der Waals surface area (Å²) in [6.45, 7) is 4.57. The fourth-order valence-electron chi connectivity index (χ4n) is 3.04. The Kier molecular flexibility index (Phi) is 4.89. The molecule has 0 spiro atoms. The van der Waals surface area contributed by atoms with E-state index in [-0.39, 0.29) is 11.5 Å². The van der Waals surface area contributed by atoms with Crippen LogP contribution in [0.2, 0.25) is 0 Å². The normalized spacial score (nSPS) is 18.0. The zero-order valence-electron chi connectivity index (χ0n) is 13.6. The van der Waals surface area contributed by atoms with Crippen molar-refractivity contribution in [2.24, 2.45) is 5.41 Å². The van der Waals surface area contributed by atoms with Crippen molar-refractivity contribution in [3.05, 3.63) is 35.4 Å². The largest absolute Gasteiger partial charge is 0.478 e. The molecule has 0 bridgehead atoms. The first-order valence-electron chi connectivity index (χ1n) is 7.86. The van der Waals surface area contributed by atoms with Gasteiger partial charge in [-0.15, -0.1) is 0 Å². The zero-order chi connectivity index (χ0) is 16.3. The second-order valence-corrected chi connectivity index (χ2v) is 7.08. The molecule has 1 N–H and O–H groups in total. The zero-order valence-corrected chi connectivity index (χ0v) is 13.6. The lowest BCUT2D eigenvalue weighted by Gasteiger charge is -2.38. The van der Waals surface area contributed by atoms with E-state index < -0.39 is 5.97 Å². The van der Waals surface area contributed by atoms with E-state index in [4.69, 9.17) is 5.11 Å². The first-order valence-corrected chi connectivity index (χ1v) is 7.86. The fraction of sp³-hybridized carbons (Fsp3) is 0.556. The van der Waals surface area contributed by atoms with Gasteiger partial charge in [0.15, 0.2) is 0 Å². The van der Waals surface area contributed by atoms with Crippen molar-refractivity contribution in [2.45, 2.75) is 52.0 Å². The van der Waals surface area contributed by atoms with Gasteiger partial charge in [-0.1, -0.05) is 26.0 Å². The Labute approximate surface area is 132 Å². The van der Waals surface area contributed by atoms with Crippen molar-refractivity contribution in [3.63, 3.8) is 0 Å². The van der Waals surface area contributed by atoms with Crippen molar-refractivity contribution in [1.82, 2.24) is 4.90 Å². The van der Waals surface area contributed by atoms with E-state index in [2.05, 4.69) is 13.8 Å². The molecule has 0 saturated heterocycles. The summed E-state index contributed by atoms with van der Waals surface area (Å²) in [7, 11) is 1.89. The molecule has 1 aromatic carbocycles. The first kappa shape index (κ1) is 16.5. The van der Waals surface area contributed by atoms with Crippen LogP contribution in [0.1, 0.15) is 55.5 Å². The molecule has 0 radical (unpaired) electrons. The van der Waals surface area contributed by atoms with Gasteiger partial charge in [-0.25, -0.2) is 4.79 Å². The van der Waals surface area contributed by atoms with Crippen LogP contribution in [0.3, 0.4) is 0 Å². The molecule has 1 saturated carbocycles. The van der Waals surface area contributed by atoms with Gasteiger partial charge in [0.1, 0.15) is 0 Å². The summed E-state index contributed by atoms with van der Waals surface area (Å²) in [5.74, 6) is -0.840. The van der Waals surface area contributed by atoms with Crippen molar-refractivity contribution >= 4 is 11.9 Å². The Balaban J connectivity index is 1.92. The van der Waals surface area contributed by atoms with Gasteiger partial charge in [0, 0.05) is 13.1 Å². The summed E-state index contributed by atoms with van der Waals surface area (Å²) in [5, 5.41) is 8.88. The van der Waals surface area contributed by atoms with Crippen LogP contribution < -0.4 is 0 Å². The minimum Gasteiger partial charge on any atom is -0.478 e. The molecule has 0 aromatic heterocycles. The number of hydrogen-bond donors (Lipinski definition) is 1. The van der Waals surface area contributed by atoms with Crippen LogP contribution in [0.5, 0.6) is 0 Å². The van der Waals surface area contributed by atoms with Gasteiger partial charge in [-0.05, 0) is 48.8 Å². The molecule has 2 rings (SSSR count). The summed E-state index contributed by atoms with van der Waals surface area (Å²) in [6, 6.07) is 6.87. The monoisotopic (exact) mass is 303 g/mol. The topological polar surface area (TPSA) is 57.6 Å². The van der Waals surface area contributed by atoms with E-state index in [1.165, 1.54) is 0 Å². The van der Waals surface area contributed by atoms with Crippen LogP contribution in [0, 0.1) is 5.41 Å². The molecule has 22 heavy (non-hydrogen) atoms. The quantitative estimate of drug-likeness (QED) is 0.928. The lowest BCUT2D eigenvalue weighted by Crippen LogP contribution is -2.41. The van der Waals surface area contributed by atoms with Crippen molar-refractivity contribution < 1.29 is 14.7 Å². The van der Waals surface area contributed by atoms with Gasteiger partial charge < -0.3 is 10.0 Å². The van der Waals surface area contributed by atoms with Crippen LogP contribution >= 0.6 is 0 Å². The van der Waals surface area contributed by atoms with Crippen molar-refractivity contribution in [3.8, 4) is 0 Å². The van der Waals surface area contributed by atoms with Gasteiger partial charge in [0.05, 0.1) is 12.0 Å². The van der Waals surface area contributed by atoms with Crippen LogP contribution in [0.4, 0.5) is 0 Å². The highest BCUT2D eigenvalue weighted by atomic mass is 16.4. The van der Waals surface area contributed by atoms with Gasteiger partial charge in [0.25, 0.3) is 0 Å². The van der Waals surface area contributed by atoms with Crippen LogP contribution in [-0.4, -0.2) is 35.0 Å². The average molecular weight is 303 g/mol. The number of amides is 1. The number of nitrogens with zero attached hydrogens (tertiary/aromatic N) is 1. The Morgan fingerprint density at radius 3 is 2.23 bits per heavy atom. The number of rotatable bonds is 4. The molecule has 120 valence electrons. The van der Waals surface area contributed by atoms with Gasteiger partial charge in [-0.3, -0.25) is 4.79 Å². The lowest BCUT2D eigenvalue weighted by atomic mass is 9.75. The molecule has 4 heteroatoms. The molecular formula is C18H25NO3. The number of carbonyl (C=O) groups is 2. The first-order chi connectivity index (χ1) is 10.3. The van der Waals surface area contributed by atoms with Gasteiger partial charge >= 0.3 is 5.97 Å². The number of benzene rings is 1. The maximum Gasteiger partial charge on any atom is 0.335 e. The summed E-state index contributed by atoms with van der Waals surface area (Å²) >= 11 is 0. The maximum absolute atomic E-state index is 12.4. The van der Waals surface area contributed by atoms with Crippen molar-refractivity contribution in [1.29, 1.82) is 0 Å². The number of carbonyl (C=O) groups excluding carboxylic acids is 1. The highest BCUT2D eigenvalue weighted by Gasteiger charge is 2.30. The third kappa shape index (κ3) is 4.09. The van der Waals surface area contributed by atoms with E-state index >= 15 is 0 Å². The smallest absolute Gasteiger partial charge is 0.335 e. The highest BCUT2D eigenvalue weighted by Crippen LogP contribution is 2.36. The Hall–Kier alpha value is -1.84. The number of hydrogen-bond acceptors (Lipinski definition) is 2. The number of carboxylic acids is 1. The van der Waals surface area contributed by atoms with Crippen LogP contribution in [0.25, 0.3) is 0 Å². The van der Waals surface area contributed by atoms with E-state index in [0.29, 0.717) is 17.9 Å².